The number of amides is 1. The van der Waals surface area contributed by atoms with Gasteiger partial charge in [0.2, 0.25) is 0 Å². The van der Waals surface area contributed by atoms with E-state index in [0.717, 1.165) is 40.4 Å². The third-order valence-corrected chi connectivity index (χ3v) is 6.96. The fourth-order valence-corrected chi connectivity index (χ4v) is 4.69. The van der Waals surface area contributed by atoms with Gasteiger partial charge in [0.25, 0.3) is 5.91 Å². The predicted octanol–water partition coefficient (Wildman–Crippen LogP) is 5.35. The zero-order valence-corrected chi connectivity index (χ0v) is 19.9. The molecule has 0 bridgehead atoms. The molecule has 1 aliphatic rings. The number of halogens is 2. The summed E-state index contributed by atoms with van der Waals surface area (Å²) in [5.74, 6) is -0.310. The van der Waals surface area contributed by atoms with Gasteiger partial charge in [-0.3, -0.25) is 4.79 Å². The first-order chi connectivity index (χ1) is 17.4. The lowest BCUT2D eigenvalue weighted by Gasteiger charge is -2.16. The number of fused-ring (bicyclic) bond motifs is 1. The van der Waals surface area contributed by atoms with E-state index in [2.05, 4.69) is 10.3 Å². The number of nitrogens with one attached hydrogen (secondary N) is 2. The summed E-state index contributed by atoms with van der Waals surface area (Å²) in [6.45, 7) is 0.329. The molecule has 36 heavy (non-hydrogen) atoms. The third-order valence-electron chi connectivity index (χ3n) is 6.96. The first-order valence-electron chi connectivity index (χ1n) is 12.4. The van der Waals surface area contributed by atoms with Crippen LogP contribution in [0.5, 0.6) is 0 Å². The van der Waals surface area contributed by atoms with Crippen molar-refractivity contribution in [1.29, 1.82) is 0 Å². The highest BCUT2D eigenvalue weighted by molar-refractivity contribution is 6.10. The number of hydrogen-bond acceptors (Lipinski definition) is 3. The van der Waals surface area contributed by atoms with E-state index in [4.69, 9.17) is 11.5 Å². The Morgan fingerprint density at radius 2 is 1.50 bits per heavy atom. The Labute approximate surface area is 208 Å². The average molecular weight is 489 g/mol. The summed E-state index contributed by atoms with van der Waals surface area (Å²) in [6.07, 6.45) is 3.99. The Morgan fingerprint density at radius 3 is 2.14 bits per heavy atom. The molecule has 3 aromatic carbocycles. The van der Waals surface area contributed by atoms with Crippen molar-refractivity contribution in [1.82, 2.24) is 10.3 Å². The highest BCUT2D eigenvalue weighted by Crippen LogP contribution is 2.35. The van der Waals surface area contributed by atoms with Crippen LogP contribution in [0.2, 0.25) is 0 Å². The lowest BCUT2D eigenvalue weighted by Crippen LogP contribution is -2.38. The molecule has 5 nitrogen and oxygen atoms in total. The van der Waals surface area contributed by atoms with Crippen LogP contribution in [-0.2, 0) is 0 Å². The second-order valence-electron chi connectivity index (χ2n) is 9.70. The van der Waals surface area contributed by atoms with Gasteiger partial charge in [0.1, 0.15) is 17.3 Å². The van der Waals surface area contributed by atoms with Gasteiger partial charge in [0, 0.05) is 35.1 Å². The van der Waals surface area contributed by atoms with E-state index in [1.807, 2.05) is 18.2 Å². The number of carbonyl (C=O) groups is 1. The minimum Gasteiger partial charge on any atom is -0.350 e. The third kappa shape index (κ3) is 5.32. The largest absolute Gasteiger partial charge is 0.350 e. The maximum Gasteiger partial charge on any atom is 0.268 e. The van der Waals surface area contributed by atoms with Crippen LogP contribution in [0.1, 0.15) is 36.2 Å². The van der Waals surface area contributed by atoms with Gasteiger partial charge >= 0.3 is 0 Å². The standard InChI is InChI=1S/C29H30F2N4O/c30-21-8-3-17(4-9-21)20-7-13-24-26(15-20)35-28(27(24)19-5-10-22(31)11-6-19)29(36)34-16-23(32)12-14-25(33)18-1-2-18/h3-11,13,15,18,23,25,35H,1-2,12,14,16,32-33H2,(H,34,36)/t23-,25?/m0/s1. The monoisotopic (exact) mass is 488 g/mol. The van der Waals surface area contributed by atoms with Crippen LogP contribution >= 0.6 is 0 Å². The Bertz CT molecular complexity index is 1360. The summed E-state index contributed by atoms with van der Waals surface area (Å²) < 4.78 is 27.0. The van der Waals surface area contributed by atoms with Gasteiger partial charge in [0.05, 0.1) is 0 Å². The Morgan fingerprint density at radius 1 is 0.889 bits per heavy atom. The van der Waals surface area contributed by atoms with E-state index in [-0.39, 0.29) is 29.6 Å². The lowest BCUT2D eigenvalue weighted by molar-refractivity contribution is 0.0947. The molecule has 1 aromatic heterocycles. The van der Waals surface area contributed by atoms with Gasteiger partial charge in [-0.25, -0.2) is 8.78 Å². The van der Waals surface area contributed by atoms with Crippen LogP contribution in [0.3, 0.4) is 0 Å². The maximum atomic E-state index is 13.6. The molecule has 0 aliphatic heterocycles. The predicted molar refractivity (Wildman–Crippen MR) is 139 cm³/mol. The van der Waals surface area contributed by atoms with Crippen molar-refractivity contribution in [2.24, 2.45) is 17.4 Å². The van der Waals surface area contributed by atoms with Gasteiger partial charge in [-0.1, -0.05) is 36.4 Å². The number of nitrogens with two attached hydrogens (primary N) is 2. The normalized spacial score (nSPS) is 15.1. The molecule has 1 saturated carbocycles. The van der Waals surface area contributed by atoms with Crippen molar-refractivity contribution in [3.63, 3.8) is 0 Å². The Balaban J connectivity index is 1.42. The summed E-state index contributed by atoms with van der Waals surface area (Å²) in [7, 11) is 0. The summed E-state index contributed by atoms with van der Waals surface area (Å²) in [5, 5.41) is 3.78. The minimum absolute atomic E-state index is 0.181. The first kappa shape index (κ1) is 24.2. The molecule has 1 fully saturated rings. The van der Waals surface area contributed by atoms with E-state index in [1.165, 1.54) is 37.1 Å². The molecule has 186 valence electrons. The van der Waals surface area contributed by atoms with Crippen LogP contribution in [0.4, 0.5) is 8.78 Å². The molecule has 0 saturated heterocycles. The number of benzene rings is 3. The summed E-state index contributed by atoms with van der Waals surface area (Å²) in [4.78, 5) is 16.5. The Kier molecular flexibility index (Phi) is 6.85. The molecule has 7 heteroatoms. The van der Waals surface area contributed by atoms with E-state index >= 15 is 0 Å². The van der Waals surface area contributed by atoms with E-state index in [0.29, 0.717) is 23.7 Å². The van der Waals surface area contributed by atoms with Crippen LogP contribution in [0, 0.1) is 17.6 Å². The van der Waals surface area contributed by atoms with Crippen LogP contribution in [-0.4, -0.2) is 29.5 Å². The molecule has 0 radical (unpaired) electrons. The van der Waals surface area contributed by atoms with Crippen LogP contribution in [0.25, 0.3) is 33.2 Å². The summed E-state index contributed by atoms with van der Waals surface area (Å²) in [5.41, 5.74) is 16.7. The van der Waals surface area contributed by atoms with Gasteiger partial charge in [-0.05, 0) is 78.6 Å². The Hall–Kier alpha value is -3.55. The van der Waals surface area contributed by atoms with Gasteiger partial charge < -0.3 is 21.8 Å². The zero-order chi connectivity index (χ0) is 25.2. The van der Waals surface area contributed by atoms with Crippen molar-refractivity contribution in [2.75, 3.05) is 6.54 Å². The molecular weight excluding hydrogens is 458 g/mol. The average Bonchev–Trinajstić information content (AvgIpc) is 3.67. The number of aromatic amines is 1. The van der Waals surface area contributed by atoms with Crippen LogP contribution < -0.4 is 16.8 Å². The summed E-state index contributed by atoms with van der Waals surface area (Å²) in [6, 6.07) is 18.1. The number of H-pyrrole nitrogens is 1. The fraction of sp³-hybridized carbons (Fsp3) is 0.276. The minimum atomic E-state index is -0.349. The van der Waals surface area contributed by atoms with Gasteiger partial charge in [-0.2, -0.15) is 0 Å². The molecule has 2 atom stereocenters. The smallest absolute Gasteiger partial charge is 0.268 e. The van der Waals surface area contributed by atoms with E-state index in [1.54, 1.807) is 24.3 Å². The molecule has 0 spiro atoms. The number of carbonyl (C=O) groups excluding carboxylic acids is 1. The number of rotatable bonds is 9. The fourth-order valence-electron chi connectivity index (χ4n) is 4.69. The van der Waals surface area contributed by atoms with Crippen molar-refractivity contribution >= 4 is 16.8 Å². The molecule has 4 aromatic rings. The van der Waals surface area contributed by atoms with Crippen molar-refractivity contribution < 1.29 is 13.6 Å². The second kappa shape index (κ2) is 10.2. The molecule has 1 unspecified atom stereocenters. The van der Waals surface area contributed by atoms with E-state index in [9.17, 15) is 13.6 Å². The van der Waals surface area contributed by atoms with E-state index < -0.39 is 0 Å². The highest BCUT2D eigenvalue weighted by Gasteiger charge is 2.28. The van der Waals surface area contributed by atoms with Crippen molar-refractivity contribution in [3.8, 4) is 22.3 Å². The molecule has 5 rings (SSSR count). The number of aromatic nitrogens is 1. The second-order valence-corrected chi connectivity index (χ2v) is 9.70. The van der Waals surface area contributed by atoms with Crippen LogP contribution in [0.15, 0.2) is 66.7 Å². The number of hydrogen-bond donors (Lipinski definition) is 4. The van der Waals surface area contributed by atoms with Gasteiger partial charge in [0.15, 0.2) is 0 Å². The quantitative estimate of drug-likeness (QED) is 0.256. The first-order valence-corrected chi connectivity index (χ1v) is 12.4. The summed E-state index contributed by atoms with van der Waals surface area (Å²) >= 11 is 0. The SMILES string of the molecule is NC(CC[C@H](N)CNC(=O)c1[nH]c2cc(-c3ccc(F)cc3)ccc2c1-c1ccc(F)cc1)C1CC1. The van der Waals surface area contributed by atoms with Crippen molar-refractivity contribution in [2.45, 2.75) is 37.8 Å². The van der Waals surface area contributed by atoms with Crippen molar-refractivity contribution in [3.05, 3.63) is 84.1 Å². The van der Waals surface area contributed by atoms with Gasteiger partial charge in [-0.15, -0.1) is 0 Å². The molecule has 1 aliphatic carbocycles. The molecule has 6 N–H and O–H groups in total. The lowest BCUT2D eigenvalue weighted by atomic mass is 9.99. The highest BCUT2D eigenvalue weighted by atomic mass is 19.1. The molecule has 1 heterocycles. The molecular formula is C29H30F2N4O. The zero-order valence-electron chi connectivity index (χ0n) is 19.9. The maximum absolute atomic E-state index is 13.6. The topological polar surface area (TPSA) is 96.9 Å². The molecule has 1 amide bonds.